The summed E-state index contributed by atoms with van der Waals surface area (Å²) in [5.41, 5.74) is 2.87. The molecule has 0 radical (unpaired) electrons. The summed E-state index contributed by atoms with van der Waals surface area (Å²) < 4.78 is 13.1. The maximum absolute atomic E-state index is 13.1. The number of halogens is 1. The van der Waals surface area contributed by atoms with Crippen LogP contribution in [0.2, 0.25) is 0 Å². The lowest BCUT2D eigenvalue weighted by molar-refractivity contribution is -0.137. The van der Waals surface area contributed by atoms with E-state index in [0.29, 0.717) is 35.6 Å². The van der Waals surface area contributed by atoms with E-state index in [9.17, 15) is 23.6 Å². The second-order valence-electron chi connectivity index (χ2n) is 8.55. The average Bonchev–Trinajstić information content (AvgIpc) is 3.39. The Balaban J connectivity index is 1.20. The van der Waals surface area contributed by atoms with Crippen molar-refractivity contribution >= 4 is 40.1 Å². The maximum atomic E-state index is 13.1. The molecule has 2 N–H and O–H groups in total. The number of hydrogen-bond donors (Lipinski definition) is 2. The zero-order valence-corrected chi connectivity index (χ0v) is 19.4. The number of amides is 4. The summed E-state index contributed by atoms with van der Waals surface area (Å²) in [5, 5.41) is 5.54. The minimum Gasteiger partial charge on any atom is -0.322 e. The molecule has 1 fully saturated rings. The number of benzene rings is 2. The van der Waals surface area contributed by atoms with Crippen LogP contribution in [0.15, 0.2) is 48.7 Å². The summed E-state index contributed by atoms with van der Waals surface area (Å²) in [6, 6.07) is 10.8. The molecular formula is C25H21FN4O4S. The quantitative estimate of drug-likeness (QED) is 0.515. The molecule has 1 aromatic heterocycles. The molecule has 8 nitrogen and oxygen atoms in total. The Kier molecular flexibility index (Phi) is 6.12. The van der Waals surface area contributed by atoms with Gasteiger partial charge < -0.3 is 10.2 Å². The zero-order valence-electron chi connectivity index (χ0n) is 18.5. The van der Waals surface area contributed by atoms with Gasteiger partial charge >= 0.3 is 0 Å². The van der Waals surface area contributed by atoms with Crippen molar-refractivity contribution in [3.05, 3.63) is 81.6 Å². The molecule has 0 aliphatic carbocycles. The van der Waals surface area contributed by atoms with Crippen molar-refractivity contribution in [3.63, 3.8) is 0 Å². The molecular weight excluding hydrogens is 471 g/mol. The lowest BCUT2D eigenvalue weighted by atomic mass is 10.0. The fourth-order valence-electron chi connectivity index (χ4n) is 4.31. The first-order valence-electron chi connectivity index (χ1n) is 11.1. The fraction of sp³-hybridized carbons (Fsp3) is 0.240. The SMILES string of the molecule is O=C1CCC(N2Cc3ccc(CC(=O)Nc4ncc(Cc5ccc(F)cc5)s4)cc3C2=O)C(=O)N1. The Labute approximate surface area is 204 Å². The molecule has 4 amide bonds. The van der Waals surface area contributed by atoms with Gasteiger partial charge in [-0.15, -0.1) is 11.3 Å². The Bertz CT molecular complexity index is 1340. The third-order valence-electron chi connectivity index (χ3n) is 6.05. The van der Waals surface area contributed by atoms with Gasteiger partial charge in [-0.05, 0) is 41.3 Å². The van der Waals surface area contributed by atoms with Gasteiger partial charge in [0.2, 0.25) is 17.7 Å². The second-order valence-corrected chi connectivity index (χ2v) is 9.67. The number of carbonyl (C=O) groups excluding carboxylic acids is 4. The number of thiazole rings is 1. The number of nitrogens with one attached hydrogen (secondary N) is 2. The van der Waals surface area contributed by atoms with Crippen LogP contribution in [0.25, 0.3) is 0 Å². The van der Waals surface area contributed by atoms with Gasteiger partial charge in [0.15, 0.2) is 5.13 Å². The number of anilines is 1. The van der Waals surface area contributed by atoms with E-state index in [2.05, 4.69) is 15.6 Å². The van der Waals surface area contributed by atoms with E-state index >= 15 is 0 Å². The summed E-state index contributed by atoms with van der Waals surface area (Å²) in [4.78, 5) is 55.8. The van der Waals surface area contributed by atoms with E-state index in [-0.39, 0.29) is 36.4 Å². The first-order chi connectivity index (χ1) is 16.9. The molecule has 2 aliphatic rings. The van der Waals surface area contributed by atoms with Gasteiger partial charge in [0.05, 0.1) is 6.42 Å². The van der Waals surface area contributed by atoms with Crippen LogP contribution in [0, 0.1) is 5.82 Å². The van der Waals surface area contributed by atoms with E-state index in [0.717, 1.165) is 16.0 Å². The molecule has 1 atom stereocenters. The topological polar surface area (TPSA) is 108 Å². The number of rotatable bonds is 6. The number of aromatic nitrogens is 1. The lowest BCUT2D eigenvalue weighted by Crippen LogP contribution is -2.52. The van der Waals surface area contributed by atoms with Crippen molar-refractivity contribution in [3.8, 4) is 0 Å². The van der Waals surface area contributed by atoms with Gasteiger partial charge in [-0.2, -0.15) is 0 Å². The van der Waals surface area contributed by atoms with Crippen LogP contribution in [0.5, 0.6) is 0 Å². The molecule has 3 heterocycles. The van der Waals surface area contributed by atoms with E-state index in [4.69, 9.17) is 0 Å². The predicted octanol–water partition coefficient (Wildman–Crippen LogP) is 2.82. The highest BCUT2D eigenvalue weighted by Crippen LogP contribution is 2.28. The molecule has 0 saturated carbocycles. The van der Waals surface area contributed by atoms with E-state index in [1.54, 1.807) is 36.5 Å². The van der Waals surface area contributed by atoms with Gasteiger partial charge in [-0.1, -0.05) is 24.3 Å². The minimum absolute atomic E-state index is 0.0614. The Morgan fingerprint density at radius 1 is 1.14 bits per heavy atom. The Hall–Kier alpha value is -3.92. The van der Waals surface area contributed by atoms with Gasteiger partial charge in [0, 0.05) is 36.0 Å². The normalized spacial score (nSPS) is 17.3. The van der Waals surface area contributed by atoms with E-state index in [1.165, 1.54) is 28.4 Å². The summed E-state index contributed by atoms with van der Waals surface area (Å²) in [7, 11) is 0. The molecule has 0 bridgehead atoms. The number of nitrogens with zero attached hydrogens (tertiary/aromatic N) is 2. The molecule has 1 saturated heterocycles. The Morgan fingerprint density at radius 3 is 2.69 bits per heavy atom. The summed E-state index contributed by atoms with van der Waals surface area (Å²) in [6.45, 7) is 0.295. The first kappa shape index (κ1) is 22.9. The largest absolute Gasteiger partial charge is 0.322 e. The predicted molar refractivity (Wildman–Crippen MR) is 126 cm³/mol. The van der Waals surface area contributed by atoms with Crippen LogP contribution < -0.4 is 10.6 Å². The number of imide groups is 1. The van der Waals surface area contributed by atoms with Crippen molar-refractivity contribution in [2.75, 3.05) is 5.32 Å². The van der Waals surface area contributed by atoms with Gasteiger partial charge in [0.25, 0.3) is 5.91 Å². The molecule has 35 heavy (non-hydrogen) atoms. The molecule has 5 rings (SSSR count). The Morgan fingerprint density at radius 2 is 1.91 bits per heavy atom. The molecule has 2 aliphatic heterocycles. The number of fused-ring (bicyclic) bond motifs is 1. The smallest absolute Gasteiger partial charge is 0.255 e. The van der Waals surface area contributed by atoms with E-state index in [1.807, 2.05) is 0 Å². The molecule has 3 aromatic rings. The third kappa shape index (κ3) is 4.97. The number of carbonyl (C=O) groups is 4. The summed E-state index contributed by atoms with van der Waals surface area (Å²) in [6.07, 6.45) is 2.83. The van der Waals surface area contributed by atoms with Crippen LogP contribution in [-0.4, -0.2) is 39.6 Å². The van der Waals surface area contributed by atoms with Gasteiger partial charge in [0.1, 0.15) is 11.9 Å². The van der Waals surface area contributed by atoms with Gasteiger partial charge in [-0.3, -0.25) is 24.5 Å². The van der Waals surface area contributed by atoms with E-state index < -0.39 is 11.9 Å². The highest BCUT2D eigenvalue weighted by atomic mass is 32.1. The highest BCUT2D eigenvalue weighted by Gasteiger charge is 2.39. The van der Waals surface area contributed by atoms with Crippen molar-refractivity contribution in [1.29, 1.82) is 0 Å². The highest BCUT2D eigenvalue weighted by molar-refractivity contribution is 7.15. The molecule has 178 valence electrons. The molecule has 1 unspecified atom stereocenters. The second kappa shape index (κ2) is 9.38. The number of piperidine rings is 1. The molecule has 0 spiro atoms. The van der Waals surface area contributed by atoms with Gasteiger partial charge in [-0.25, -0.2) is 9.37 Å². The van der Waals surface area contributed by atoms with Crippen LogP contribution in [0.1, 0.15) is 44.8 Å². The maximum Gasteiger partial charge on any atom is 0.255 e. The van der Waals surface area contributed by atoms with Crippen LogP contribution in [0.4, 0.5) is 9.52 Å². The van der Waals surface area contributed by atoms with Crippen molar-refractivity contribution in [2.24, 2.45) is 0 Å². The average molecular weight is 493 g/mol. The minimum atomic E-state index is -0.673. The fourth-order valence-corrected chi connectivity index (χ4v) is 5.17. The standard InChI is InChI=1S/C25H21FN4O4S/c26-17-5-2-14(3-6-17)9-18-12-27-25(35-18)29-22(32)11-15-1-4-16-13-30(24(34)19(16)10-15)20-7-8-21(31)28-23(20)33/h1-6,10,12,20H,7-9,11,13H2,(H,27,29,32)(H,28,31,33). The van der Waals surface area contributed by atoms with Crippen LogP contribution in [-0.2, 0) is 33.8 Å². The van der Waals surface area contributed by atoms with Crippen molar-refractivity contribution in [2.45, 2.75) is 38.3 Å². The zero-order chi connectivity index (χ0) is 24.5. The lowest BCUT2D eigenvalue weighted by Gasteiger charge is -2.29. The third-order valence-corrected chi connectivity index (χ3v) is 6.96. The monoisotopic (exact) mass is 492 g/mol. The first-order valence-corrected chi connectivity index (χ1v) is 11.9. The number of hydrogen-bond acceptors (Lipinski definition) is 6. The summed E-state index contributed by atoms with van der Waals surface area (Å²) >= 11 is 1.35. The van der Waals surface area contributed by atoms with Crippen LogP contribution in [0.3, 0.4) is 0 Å². The van der Waals surface area contributed by atoms with Crippen LogP contribution >= 0.6 is 11.3 Å². The van der Waals surface area contributed by atoms with Crippen molar-refractivity contribution < 1.29 is 23.6 Å². The van der Waals surface area contributed by atoms with Crippen molar-refractivity contribution in [1.82, 2.24) is 15.2 Å². The summed E-state index contributed by atoms with van der Waals surface area (Å²) in [5.74, 6) is -1.61. The molecule has 10 heteroatoms. The molecule has 2 aromatic carbocycles.